The SMILES string of the molecule is COc1ncnc(NCCNC(=O)C2CC2)c1[N+](=O)[O-]. The summed E-state index contributed by atoms with van der Waals surface area (Å²) in [6.45, 7) is 0.707. The number of carbonyl (C=O) groups is 1. The third kappa shape index (κ3) is 3.31. The van der Waals surface area contributed by atoms with Gasteiger partial charge in [-0.05, 0) is 12.8 Å². The van der Waals surface area contributed by atoms with E-state index < -0.39 is 4.92 Å². The number of nitrogens with zero attached hydrogens (tertiary/aromatic N) is 3. The van der Waals surface area contributed by atoms with Crippen molar-refractivity contribution >= 4 is 17.4 Å². The first-order valence-corrected chi connectivity index (χ1v) is 6.18. The van der Waals surface area contributed by atoms with Crippen molar-refractivity contribution in [1.29, 1.82) is 0 Å². The molecule has 1 heterocycles. The van der Waals surface area contributed by atoms with Crippen LogP contribution in [0.4, 0.5) is 11.5 Å². The predicted molar refractivity (Wildman–Crippen MR) is 69.5 cm³/mol. The highest BCUT2D eigenvalue weighted by Crippen LogP contribution is 2.30. The number of rotatable bonds is 7. The first-order chi connectivity index (χ1) is 9.63. The second-order valence-corrected chi connectivity index (χ2v) is 4.33. The number of nitro groups is 1. The number of carbonyl (C=O) groups excluding carboxylic acids is 1. The highest BCUT2D eigenvalue weighted by Gasteiger charge is 2.29. The predicted octanol–water partition coefficient (Wildman–Crippen LogP) is 0.331. The van der Waals surface area contributed by atoms with Crippen LogP contribution in [0.5, 0.6) is 5.88 Å². The van der Waals surface area contributed by atoms with E-state index in [1.807, 2.05) is 0 Å². The van der Waals surface area contributed by atoms with Gasteiger partial charge < -0.3 is 15.4 Å². The van der Waals surface area contributed by atoms with E-state index >= 15 is 0 Å². The van der Waals surface area contributed by atoms with Crippen LogP contribution in [0.2, 0.25) is 0 Å². The molecule has 0 atom stereocenters. The van der Waals surface area contributed by atoms with E-state index in [0.29, 0.717) is 13.1 Å². The van der Waals surface area contributed by atoms with Crippen molar-refractivity contribution in [3.8, 4) is 5.88 Å². The van der Waals surface area contributed by atoms with E-state index in [2.05, 4.69) is 20.6 Å². The maximum absolute atomic E-state index is 11.4. The van der Waals surface area contributed by atoms with Gasteiger partial charge in [-0.1, -0.05) is 0 Å². The molecule has 108 valence electrons. The lowest BCUT2D eigenvalue weighted by molar-refractivity contribution is -0.385. The molecule has 0 bridgehead atoms. The van der Waals surface area contributed by atoms with Gasteiger partial charge in [0.25, 0.3) is 5.88 Å². The molecule has 0 aromatic carbocycles. The summed E-state index contributed by atoms with van der Waals surface area (Å²) in [5, 5.41) is 16.5. The summed E-state index contributed by atoms with van der Waals surface area (Å²) in [6.07, 6.45) is 3.05. The normalized spacial score (nSPS) is 13.7. The molecule has 0 aliphatic heterocycles. The fourth-order valence-electron chi connectivity index (χ4n) is 1.66. The lowest BCUT2D eigenvalue weighted by Crippen LogP contribution is -2.30. The molecule has 1 aliphatic carbocycles. The van der Waals surface area contributed by atoms with Gasteiger partial charge in [0.1, 0.15) is 6.33 Å². The Balaban J connectivity index is 1.91. The molecule has 0 radical (unpaired) electrons. The quantitative estimate of drug-likeness (QED) is 0.420. The average Bonchev–Trinajstić information content (AvgIpc) is 3.27. The summed E-state index contributed by atoms with van der Waals surface area (Å²) in [6, 6.07) is 0. The Labute approximate surface area is 114 Å². The zero-order valence-electron chi connectivity index (χ0n) is 11.0. The highest BCUT2D eigenvalue weighted by atomic mass is 16.6. The van der Waals surface area contributed by atoms with Crippen molar-refractivity contribution in [3.05, 3.63) is 16.4 Å². The van der Waals surface area contributed by atoms with Crippen molar-refractivity contribution in [1.82, 2.24) is 15.3 Å². The molecule has 0 saturated heterocycles. The van der Waals surface area contributed by atoms with E-state index in [1.165, 1.54) is 13.4 Å². The second kappa shape index (κ2) is 6.13. The van der Waals surface area contributed by atoms with Gasteiger partial charge in [-0.15, -0.1) is 0 Å². The van der Waals surface area contributed by atoms with Crippen LogP contribution in [0.25, 0.3) is 0 Å². The maximum Gasteiger partial charge on any atom is 0.372 e. The van der Waals surface area contributed by atoms with Crippen LogP contribution in [-0.4, -0.2) is 41.0 Å². The molecule has 1 amide bonds. The molecule has 9 nitrogen and oxygen atoms in total. The Morgan fingerprint density at radius 1 is 1.50 bits per heavy atom. The standard InChI is InChI=1S/C11H15N5O4/c1-20-11-8(16(18)19)9(14-6-15-11)12-4-5-13-10(17)7-2-3-7/h6-7H,2-5H2,1H3,(H,13,17)(H,12,14,15). The van der Waals surface area contributed by atoms with Gasteiger partial charge in [0.2, 0.25) is 11.7 Å². The minimum atomic E-state index is -0.607. The second-order valence-electron chi connectivity index (χ2n) is 4.33. The van der Waals surface area contributed by atoms with Crippen LogP contribution in [0.1, 0.15) is 12.8 Å². The summed E-state index contributed by atoms with van der Waals surface area (Å²) < 4.78 is 4.83. The van der Waals surface area contributed by atoms with Crippen molar-refractivity contribution in [2.45, 2.75) is 12.8 Å². The van der Waals surface area contributed by atoms with E-state index in [4.69, 9.17) is 4.74 Å². The number of nitrogens with one attached hydrogen (secondary N) is 2. The molecule has 1 aromatic rings. The van der Waals surface area contributed by atoms with Crippen LogP contribution in [0.15, 0.2) is 6.33 Å². The topological polar surface area (TPSA) is 119 Å². The smallest absolute Gasteiger partial charge is 0.372 e. The third-order valence-corrected chi connectivity index (χ3v) is 2.83. The molecule has 0 unspecified atom stereocenters. The van der Waals surface area contributed by atoms with Crippen molar-refractivity contribution in [2.24, 2.45) is 5.92 Å². The minimum Gasteiger partial charge on any atom is -0.476 e. The van der Waals surface area contributed by atoms with Crippen molar-refractivity contribution in [3.63, 3.8) is 0 Å². The number of hydrogen-bond acceptors (Lipinski definition) is 7. The van der Waals surface area contributed by atoms with E-state index in [0.717, 1.165) is 12.8 Å². The largest absolute Gasteiger partial charge is 0.476 e. The Hall–Kier alpha value is -2.45. The van der Waals surface area contributed by atoms with Crippen LogP contribution in [0.3, 0.4) is 0 Å². The van der Waals surface area contributed by atoms with Gasteiger partial charge >= 0.3 is 5.69 Å². The first-order valence-electron chi connectivity index (χ1n) is 6.18. The zero-order valence-corrected chi connectivity index (χ0v) is 11.0. The van der Waals surface area contributed by atoms with Crippen LogP contribution in [-0.2, 0) is 4.79 Å². The summed E-state index contributed by atoms with van der Waals surface area (Å²) >= 11 is 0. The number of amides is 1. The van der Waals surface area contributed by atoms with Crippen molar-refractivity contribution < 1.29 is 14.5 Å². The van der Waals surface area contributed by atoms with Gasteiger partial charge in [0.15, 0.2) is 0 Å². The Morgan fingerprint density at radius 3 is 2.85 bits per heavy atom. The molecule has 0 spiro atoms. The molecule has 2 N–H and O–H groups in total. The third-order valence-electron chi connectivity index (χ3n) is 2.83. The summed E-state index contributed by atoms with van der Waals surface area (Å²) in [5.74, 6) is 0.141. The Bertz CT molecular complexity index is 518. The monoisotopic (exact) mass is 281 g/mol. The number of hydrogen-bond donors (Lipinski definition) is 2. The molecule has 1 saturated carbocycles. The molecule has 2 rings (SSSR count). The van der Waals surface area contributed by atoms with Gasteiger partial charge in [0, 0.05) is 19.0 Å². The first kappa shape index (κ1) is 14.0. The van der Waals surface area contributed by atoms with Crippen LogP contribution < -0.4 is 15.4 Å². The number of anilines is 1. The molecule has 20 heavy (non-hydrogen) atoms. The van der Waals surface area contributed by atoms with Gasteiger partial charge in [-0.2, -0.15) is 4.98 Å². The zero-order chi connectivity index (χ0) is 14.5. The molecule has 1 fully saturated rings. The maximum atomic E-state index is 11.4. The number of aromatic nitrogens is 2. The molecule has 9 heteroatoms. The van der Waals surface area contributed by atoms with Crippen LogP contribution in [0, 0.1) is 16.0 Å². The van der Waals surface area contributed by atoms with E-state index in [9.17, 15) is 14.9 Å². The minimum absolute atomic E-state index is 0.0292. The lowest BCUT2D eigenvalue weighted by Gasteiger charge is -2.08. The molecular formula is C11H15N5O4. The van der Waals surface area contributed by atoms with Gasteiger partial charge in [-0.3, -0.25) is 14.9 Å². The molecular weight excluding hydrogens is 266 g/mol. The summed E-state index contributed by atoms with van der Waals surface area (Å²) in [4.78, 5) is 29.3. The van der Waals surface area contributed by atoms with Gasteiger partial charge in [-0.25, -0.2) is 4.98 Å². The van der Waals surface area contributed by atoms with Gasteiger partial charge in [0.05, 0.1) is 12.0 Å². The average molecular weight is 281 g/mol. The fraction of sp³-hybridized carbons (Fsp3) is 0.545. The highest BCUT2D eigenvalue weighted by molar-refractivity contribution is 5.80. The number of ether oxygens (including phenoxy) is 1. The molecule has 1 aliphatic rings. The summed E-state index contributed by atoms with van der Waals surface area (Å²) in [7, 11) is 1.30. The Morgan fingerprint density at radius 2 is 2.25 bits per heavy atom. The van der Waals surface area contributed by atoms with E-state index in [1.54, 1.807) is 0 Å². The lowest BCUT2D eigenvalue weighted by atomic mass is 10.4. The molecule has 1 aromatic heterocycles. The van der Waals surface area contributed by atoms with Crippen molar-refractivity contribution in [2.75, 3.05) is 25.5 Å². The number of methoxy groups -OCH3 is 1. The van der Waals surface area contributed by atoms with E-state index in [-0.39, 0.29) is 29.2 Å². The Kier molecular flexibility index (Phi) is 4.28. The van der Waals surface area contributed by atoms with Crippen LogP contribution >= 0.6 is 0 Å². The fourth-order valence-corrected chi connectivity index (χ4v) is 1.66. The summed E-state index contributed by atoms with van der Waals surface area (Å²) in [5.41, 5.74) is -0.316.